The average molecular weight is 377 g/mol. The minimum atomic E-state index is 0.351. The van der Waals surface area contributed by atoms with Crippen LogP contribution in [0.1, 0.15) is 38.2 Å². The molecule has 0 aromatic heterocycles. The predicted molar refractivity (Wildman–Crippen MR) is 107 cm³/mol. The zero-order valence-corrected chi connectivity index (χ0v) is 17.0. The highest BCUT2D eigenvalue weighted by atomic mass is 32.2. The van der Waals surface area contributed by atoms with E-state index < -0.39 is 0 Å². The molecule has 0 spiro atoms. The van der Waals surface area contributed by atoms with Crippen molar-refractivity contribution in [3.63, 3.8) is 0 Å². The minimum absolute atomic E-state index is 0.351. The van der Waals surface area contributed by atoms with E-state index >= 15 is 0 Å². The summed E-state index contributed by atoms with van der Waals surface area (Å²) in [5.74, 6) is 0.975. The maximum atomic E-state index is 12.4. The van der Waals surface area contributed by atoms with E-state index in [1.807, 2.05) is 6.92 Å². The van der Waals surface area contributed by atoms with Crippen molar-refractivity contribution in [3.05, 3.63) is 29.8 Å². The molecule has 2 atom stereocenters. The molecule has 1 aromatic carbocycles. The number of fused-ring (bicyclic) bond motifs is 1. The van der Waals surface area contributed by atoms with Crippen LogP contribution in [0.25, 0.3) is 0 Å². The van der Waals surface area contributed by atoms with Crippen LogP contribution in [0.2, 0.25) is 0 Å². The second-order valence-corrected chi connectivity index (χ2v) is 8.26. The van der Waals surface area contributed by atoms with E-state index in [0.717, 1.165) is 58.7 Å². The number of thioether (sulfide) groups is 1. The van der Waals surface area contributed by atoms with E-state index in [2.05, 4.69) is 40.3 Å². The lowest BCUT2D eigenvalue weighted by molar-refractivity contribution is -0.141. The van der Waals surface area contributed by atoms with Crippen LogP contribution in [0, 0.1) is 5.92 Å². The first kappa shape index (κ1) is 19.7. The van der Waals surface area contributed by atoms with Crippen LogP contribution in [0.15, 0.2) is 29.2 Å². The van der Waals surface area contributed by atoms with Crippen molar-refractivity contribution in [2.24, 2.45) is 5.92 Å². The number of likely N-dealkylation sites (tertiary alicyclic amines) is 2. The number of carbonyl (C=O) groups excluding carboxylic acids is 1. The number of carbonyl (C=O) groups is 1. The molecule has 0 aliphatic carbocycles. The molecule has 2 aliphatic rings. The van der Waals surface area contributed by atoms with Crippen LogP contribution in [0.4, 0.5) is 0 Å². The third-order valence-corrected chi connectivity index (χ3v) is 6.43. The summed E-state index contributed by atoms with van der Waals surface area (Å²) in [5, 5.41) is 0. The molecule has 2 fully saturated rings. The molecule has 1 aromatic rings. The highest BCUT2D eigenvalue weighted by Gasteiger charge is 2.38. The third-order valence-electron chi connectivity index (χ3n) is 5.68. The molecule has 144 valence electrons. The second kappa shape index (κ2) is 9.77. The van der Waals surface area contributed by atoms with Gasteiger partial charge in [-0.1, -0.05) is 12.1 Å². The van der Waals surface area contributed by atoms with Gasteiger partial charge in [0.1, 0.15) is 0 Å². The average Bonchev–Trinajstić information content (AvgIpc) is 2.67. The van der Waals surface area contributed by atoms with Crippen molar-refractivity contribution in [2.45, 2.75) is 50.1 Å². The molecule has 5 heteroatoms. The van der Waals surface area contributed by atoms with Crippen molar-refractivity contribution < 1.29 is 9.53 Å². The molecular weight excluding hydrogens is 344 g/mol. The number of hydrogen-bond acceptors (Lipinski definition) is 4. The standard InChI is InChI=1S/C21H32N2O2S/c1-3-25-14-4-12-23-20-11-13-22(16-18(20)7-10-21(23)24)15-17-5-8-19(26-2)9-6-17/h5-6,8-9,18,20H,3-4,7,10-16H2,1-2H3/t18-,20+/m1/s1. The molecule has 0 saturated carbocycles. The zero-order valence-electron chi connectivity index (χ0n) is 16.2. The monoisotopic (exact) mass is 376 g/mol. The molecular formula is C21H32N2O2S. The largest absolute Gasteiger partial charge is 0.382 e. The Balaban J connectivity index is 1.53. The summed E-state index contributed by atoms with van der Waals surface area (Å²) in [4.78, 5) is 18.5. The highest BCUT2D eigenvalue weighted by Crippen LogP contribution is 2.32. The van der Waals surface area contributed by atoms with E-state index in [1.54, 1.807) is 11.8 Å². The summed E-state index contributed by atoms with van der Waals surface area (Å²) in [6, 6.07) is 9.37. The van der Waals surface area contributed by atoms with Crippen molar-refractivity contribution in [1.82, 2.24) is 9.80 Å². The quantitative estimate of drug-likeness (QED) is 0.512. The number of rotatable bonds is 8. The first-order chi connectivity index (χ1) is 12.7. The smallest absolute Gasteiger partial charge is 0.222 e. The molecule has 0 radical (unpaired) electrons. The van der Waals surface area contributed by atoms with Crippen molar-refractivity contribution in [1.29, 1.82) is 0 Å². The lowest BCUT2D eigenvalue weighted by atomic mass is 9.83. The Hall–Kier alpha value is -1.04. The van der Waals surface area contributed by atoms with Crippen LogP contribution in [-0.4, -0.2) is 60.9 Å². The van der Waals surface area contributed by atoms with E-state index in [-0.39, 0.29) is 0 Å². The van der Waals surface area contributed by atoms with Gasteiger partial charge in [0.15, 0.2) is 0 Å². The Labute approximate surface area is 162 Å². The fourth-order valence-electron chi connectivity index (χ4n) is 4.33. The minimum Gasteiger partial charge on any atom is -0.382 e. The zero-order chi connectivity index (χ0) is 18.4. The third kappa shape index (κ3) is 5.02. The first-order valence-electron chi connectivity index (χ1n) is 9.93. The molecule has 0 N–H and O–H groups in total. The van der Waals surface area contributed by atoms with Crippen molar-refractivity contribution in [2.75, 3.05) is 39.1 Å². The molecule has 26 heavy (non-hydrogen) atoms. The van der Waals surface area contributed by atoms with Gasteiger partial charge in [-0.2, -0.15) is 0 Å². The van der Waals surface area contributed by atoms with E-state index in [9.17, 15) is 4.79 Å². The number of benzene rings is 1. The van der Waals surface area contributed by atoms with Gasteiger partial charge in [0, 0.05) is 56.8 Å². The van der Waals surface area contributed by atoms with Crippen LogP contribution in [0.5, 0.6) is 0 Å². The van der Waals surface area contributed by atoms with Crippen LogP contribution >= 0.6 is 11.8 Å². The molecule has 0 unspecified atom stereocenters. The van der Waals surface area contributed by atoms with Gasteiger partial charge in [0.05, 0.1) is 0 Å². The van der Waals surface area contributed by atoms with Crippen LogP contribution in [0.3, 0.4) is 0 Å². The lowest BCUT2D eigenvalue weighted by Gasteiger charge is -2.47. The molecule has 0 bridgehead atoms. The predicted octanol–water partition coefficient (Wildman–Crippen LogP) is 3.65. The Morgan fingerprint density at radius 1 is 1.23 bits per heavy atom. The van der Waals surface area contributed by atoms with Crippen LogP contribution in [-0.2, 0) is 16.1 Å². The highest BCUT2D eigenvalue weighted by molar-refractivity contribution is 7.98. The van der Waals surface area contributed by atoms with Gasteiger partial charge >= 0.3 is 0 Å². The maximum Gasteiger partial charge on any atom is 0.222 e. The molecule has 3 rings (SSSR count). The van der Waals surface area contributed by atoms with Crippen molar-refractivity contribution in [3.8, 4) is 0 Å². The number of nitrogens with zero attached hydrogens (tertiary/aromatic N) is 2. The maximum absolute atomic E-state index is 12.4. The van der Waals surface area contributed by atoms with Gasteiger partial charge in [-0.3, -0.25) is 9.69 Å². The van der Waals surface area contributed by atoms with Gasteiger partial charge < -0.3 is 9.64 Å². The van der Waals surface area contributed by atoms with Crippen LogP contribution < -0.4 is 0 Å². The van der Waals surface area contributed by atoms with Crippen molar-refractivity contribution >= 4 is 17.7 Å². The van der Waals surface area contributed by atoms with E-state index in [1.165, 1.54) is 10.5 Å². The van der Waals surface area contributed by atoms with E-state index in [0.29, 0.717) is 24.3 Å². The molecule has 1 amide bonds. The summed E-state index contributed by atoms with van der Waals surface area (Å²) in [5.41, 5.74) is 1.39. The first-order valence-corrected chi connectivity index (χ1v) is 11.2. The van der Waals surface area contributed by atoms with Gasteiger partial charge in [-0.05, 0) is 56.1 Å². The fraction of sp³-hybridized carbons (Fsp3) is 0.667. The van der Waals surface area contributed by atoms with Gasteiger partial charge in [-0.15, -0.1) is 11.8 Å². The Morgan fingerprint density at radius 3 is 2.77 bits per heavy atom. The SMILES string of the molecule is CCOCCCN1C(=O)CC[C@@H]2CN(Cc3ccc(SC)cc3)CC[C@@H]21. The topological polar surface area (TPSA) is 32.8 Å². The van der Waals surface area contributed by atoms with Gasteiger partial charge in [0.2, 0.25) is 5.91 Å². The Morgan fingerprint density at radius 2 is 2.04 bits per heavy atom. The summed E-state index contributed by atoms with van der Waals surface area (Å²) in [6.45, 7) is 7.62. The molecule has 2 heterocycles. The Kier molecular flexibility index (Phi) is 7.41. The molecule has 4 nitrogen and oxygen atoms in total. The summed E-state index contributed by atoms with van der Waals surface area (Å²) < 4.78 is 5.45. The fourth-order valence-corrected chi connectivity index (χ4v) is 4.74. The number of piperidine rings is 2. The number of hydrogen-bond donors (Lipinski definition) is 0. The molecule has 2 aliphatic heterocycles. The lowest BCUT2D eigenvalue weighted by Crippen LogP contribution is -2.56. The number of amides is 1. The second-order valence-electron chi connectivity index (χ2n) is 7.38. The summed E-state index contributed by atoms with van der Waals surface area (Å²) in [6.07, 6.45) is 5.94. The van der Waals surface area contributed by atoms with Gasteiger partial charge in [0.25, 0.3) is 0 Å². The number of ether oxygens (including phenoxy) is 1. The normalized spacial score (nSPS) is 23.9. The van der Waals surface area contributed by atoms with Gasteiger partial charge in [-0.25, -0.2) is 0 Å². The Bertz CT molecular complexity index is 578. The summed E-state index contributed by atoms with van der Waals surface area (Å²) in [7, 11) is 0. The molecule has 2 saturated heterocycles. The summed E-state index contributed by atoms with van der Waals surface area (Å²) >= 11 is 1.79. The van der Waals surface area contributed by atoms with E-state index in [4.69, 9.17) is 4.74 Å².